The Labute approximate surface area is 118 Å². The van der Waals surface area contributed by atoms with Gasteiger partial charge in [0.2, 0.25) is 0 Å². The third-order valence-electron chi connectivity index (χ3n) is 3.57. The summed E-state index contributed by atoms with van der Waals surface area (Å²) in [6, 6.07) is 7.90. The largest absolute Gasteiger partial charge is 0.480 e. The number of carboxylic acid groups (broad SMARTS) is 1. The topological polar surface area (TPSA) is 69.6 Å². The van der Waals surface area contributed by atoms with Crippen molar-refractivity contribution in [2.24, 2.45) is 0 Å². The number of benzene rings is 1. The zero-order valence-electron chi connectivity index (χ0n) is 11.6. The molecule has 1 atom stereocenters. The summed E-state index contributed by atoms with van der Waals surface area (Å²) >= 11 is 0. The summed E-state index contributed by atoms with van der Waals surface area (Å²) in [6.07, 6.45) is 1.72. The van der Waals surface area contributed by atoms with E-state index in [1.54, 1.807) is 0 Å². The van der Waals surface area contributed by atoms with Crippen LogP contribution in [0, 0.1) is 0 Å². The second-order valence-corrected chi connectivity index (χ2v) is 5.10. The number of nitrogens with one attached hydrogen (secondary N) is 1. The van der Waals surface area contributed by atoms with Crippen LogP contribution in [0.15, 0.2) is 24.3 Å². The summed E-state index contributed by atoms with van der Waals surface area (Å²) in [5.74, 6) is -0.633. The maximum atomic E-state index is 12.0. The summed E-state index contributed by atoms with van der Waals surface area (Å²) in [7, 11) is 0. The third-order valence-corrected chi connectivity index (χ3v) is 3.57. The molecule has 1 aliphatic carbocycles. The summed E-state index contributed by atoms with van der Waals surface area (Å²) in [5.41, 5.74) is 2.62. The monoisotopic (exact) mass is 276 g/mol. The van der Waals surface area contributed by atoms with Crippen molar-refractivity contribution >= 4 is 12.0 Å². The van der Waals surface area contributed by atoms with Crippen LogP contribution in [-0.2, 0) is 11.2 Å². The normalized spacial score (nSPS) is 15.9. The molecule has 0 aromatic heterocycles. The number of amides is 2. The van der Waals surface area contributed by atoms with E-state index in [0.717, 1.165) is 12.8 Å². The molecule has 5 heteroatoms. The number of aliphatic carboxylic acids is 1. The Kier molecular flexibility index (Phi) is 4.61. The van der Waals surface area contributed by atoms with Gasteiger partial charge in [-0.25, -0.2) is 4.79 Å². The van der Waals surface area contributed by atoms with E-state index in [1.807, 2.05) is 19.1 Å². The predicted molar refractivity (Wildman–Crippen MR) is 75.8 cm³/mol. The molecular formula is C15H20N2O3. The van der Waals surface area contributed by atoms with Gasteiger partial charge in [0.25, 0.3) is 0 Å². The van der Waals surface area contributed by atoms with E-state index in [2.05, 4.69) is 17.4 Å². The Morgan fingerprint density at radius 2 is 2.15 bits per heavy atom. The van der Waals surface area contributed by atoms with Gasteiger partial charge in [0.05, 0.1) is 0 Å². The summed E-state index contributed by atoms with van der Waals surface area (Å²) in [6.45, 7) is 2.69. The van der Waals surface area contributed by atoms with Crippen molar-refractivity contribution in [2.75, 3.05) is 19.6 Å². The van der Waals surface area contributed by atoms with E-state index in [0.29, 0.717) is 19.0 Å². The third kappa shape index (κ3) is 3.29. The molecule has 1 unspecified atom stereocenters. The maximum absolute atomic E-state index is 12.0. The highest BCUT2D eigenvalue weighted by atomic mass is 16.4. The second kappa shape index (κ2) is 6.41. The van der Waals surface area contributed by atoms with Gasteiger partial charge in [-0.3, -0.25) is 4.79 Å². The van der Waals surface area contributed by atoms with Crippen molar-refractivity contribution in [3.8, 4) is 0 Å². The Morgan fingerprint density at radius 3 is 2.80 bits per heavy atom. The number of hydrogen-bond donors (Lipinski definition) is 2. The lowest BCUT2D eigenvalue weighted by atomic mass is 9.78. The zero-order chi connectivity index (χ0) is 14.5. The van der Waals surface area contributed by atoms with E-state index >= 15 is 0 Å². The molecule has 0 bridgehead atoms. The molecule has 1 aromatic carbocycles. The van der Waals surface area contributed by atoms with Crippen molar-refractivity contribution in [3.05, 3.63) is 35.4 Å². The van der Waals surface area contributed by atoms with E-state index in [-0.39, 0.29) is 12.6 Å². The molecule has 0 spiro atoms. The average Bonchev–Trinajstić information content (AvgIpc) is 2.38. The number of hydrogen-bond acceptors (Lipinski definition) is 2. The molecule has 0 saturated carbocycles. The molecule has 1 aliphatic rings. The Balaban J connectivity index is 1.84. The molecule has 108 valence electrons. The van der Waals surface area contributed by atoms with Gasteiger partial charge in [-0.05, 0) is 24.0 Å². The van der Waals surface area contributed by atoms with Crippen LogP contribution in [0.5, 0.6) is 0 Å². The first-order valence-electron chi connectivity index (χ1n) is 6.94. The van der Waals surface area contributed by atoms with Gasteiger partial charge < -0.3 is 15.3 Å². The van der Waals surface area contributed by atoms with Crippen LogP contribution in [0.4, 0.5) is 4.79 Å². The lowest BCUT2D eigenvalue weighted by Crippen LogP contribution is -2.45. The zero-order valence-corrected chi connectivity index (χ0v) is 11.6. The fourth-order valence-corrected chi connectivity index (χ4v) is 2.55. The van der Waals surface area contributed by atoms with Gasteiger partial charge in [-0.15, -0.1) is 0 Å². The highest BCUT2D eigenvalue weighted by Gasteiger charge is 2.26. The predicted octanol–water partition coefficient (Wildman–Crippen LogP) is 1.83. The van der Waals surface area contributed by atoms with Crippen LogP contribution in [0.1, 0.15) is 30.4 Å². The lowest BCUT2D eigenvalue weighted by molar-refractivity contribution is -0.137. The van der Waals surface area contributed by atoms with Gasteiger partial charge >= 0.3 is 12.0 Å². The Morgan fingerprint density at radius 1 is 1.40 bits per heavy atom. The summed E-state index contributed by atoms with van der Waals surface area (Å²) in [4.78, 5) is 24.1. The first-order chi connectivity index (χ1) is 9.61. The summed E-state index contributed by atoms with van der Waals surface area (Å²) < 4.78 is 0. The van der Waals surface area contributed by atoms with Gasteiger partial charge in [0, 0.05) is 19.0 Å². The molecule has 0 heterocycles. The molecule has 5 nitrogen and oxygen atoms in total. The van der Waals surface area contributed by atoms with Gasteiger partial charge in [-0.2, -0.15) is 0 Å². The minimum Gasteiger partial charge on any atom is -0.480 e. The highest BCUT2D eigenvalue weighted by Crippen LogP contribution is 2.33. The number of carboxylic acids is 1. The minimum atomic E-state index is -0.984. The molecule has 2 N–H and O–H groups in total. The number of carbonyl (C=O) groups is 2. The van der Waals surface area contributed by atoms with E-state index in [1.165, 1.54) is 16.0 Å². The van der Waals surface area contributed by atoms with Crippen LogP contribution in [0.3, 0.4) is 0 Å². The van der Waals surface area contributed by atoms with Gasteiger partial charge in [0.15, 0.2) is 0 Å². The molecule has 0 fully saturated rings. The Bertz CT molecular complexity index is 502. The molecule has 2 rings (SSSR count). The second-order valence-electron chi connectivity index (χ2n) is 5.10. The minimum absolute atomic E-state index is 0.249. The number of nitrogens with zero attached hydrogens (tertiary/aromatic N) is 1. The molecule has 20 heavy (non-hydrogen) atoms. The van der Waals surface area contributed by atoms with Crippen molar-refractivity contribution in [1.82, 2.24) is 10.2 Å². The van der Waals surface area contributed by atoms with E-state index in [9.17, 15) is 9.59 Å². The number of rotatable bonds is 6. The SMILES string of the molecule is CCCN(CC(=O)O)C(=O)NCC1Cc2ccccc21. The number of fused-ring (bicyclic) bond motifs is 1. The van der Waals surface area contributed by atoms with Crippen LogP contribution in [0.25, 0.3) is 0 Å². The Hall–Kier alpha value is -2.04. The lowest BCUT2D eigenvalue weighted by Gasteiger charge is -2.31. The first kappa shape index (κ1) is 14.4. The smallest absolute Gasteiger partial charge is 0.323 e. The maximum Gasteiger partial charge on any atom is 0.323 e. The van der Waals surface area contributed by atoms with Crippen LogP contribution in [-0.4, -0.2) is 41.6 Å². The molecule has 0 aliphatic heterocycles. The molecule has 0 saturated heterocycles. The molecular weight excluding hydrogens is 256 g/mol. The van der Waals surface area contributed by atoms with Gasteiger partial charge in [-0.1, -0.05) is 31.2 Å². The molecule has 0 radical (unpaired) electrons. The quantitative estimate of drug-likeness (QED) is 0.833. The van der Waals surface area contributed by atoms with Gasteiger partial charge in [0.1, 0.15) is 6.54 Å². The van der Waals surface area contributed by atoms with Crippen LogP contribution >= 0.6 is 0 Å². The van der Waals surface area contributed by atoms with E-state index in [4.69, 9.17) is 5.11 Å². The molecule has 2 amide bonds. The van der Waals surface area contributed by atoms with E-state index < -0.39 is 5.97 Å². The van der Waals surface area contributed by atoms with Crippen molar-refractivity contribution in [1.29, 1.82) is 0 Å². The molecule has 1 aromatic rings. The summed E-state index contributed by atoms with van der Waals surface area (Å²) in [5, 5.41) is 11.6. The fourth-order valence-electron chi connectivity index (χ4n) is 2.55. The van der Waals surface area contributed by atoms with Crippen molar-refractivity contribution in [2.45, 2.75) is 25.7 Å². The van der Waals surface area contributed by atoms with Crippen molar-refractivity contribution in [3.63, 3.8) is 0 Å². The highest BCUT2D eigenvalue weighted by molar-refractivity contribution is 5.80. The van der Waals surface area contributed by atoms with Crippen LogP contribution < -0.4 is 5.32 Å². The number of carbonyl (C=O) groups excluding carboxylic acids is 1. The standard InChI is InChI=1S/C15H20N2O3/c1-2-7-17(10-14(18)19)15(20)16-9-12-8-11-5-3-4-6-13(11)12/h3-6,12H,2,7-10H2,1H3,(H,16,20)(H,18,19). The fraction of sp³-hybridized carbons (Fsp3) is 0.467. The first-order valence-corrected chi connectivity index (χ1v) is 6.94. The van der Waals surface area contributed by atoms with Crippen molar-refractivity contribution < 1.29 is 14.7 Å². The number of urea groups is 1. The van der Waals surface area contributed by atoms with Crippen LogP contribution in [0.2, 0.25) is 0 Å². The average molecular weight is 276 g/mol.